The summed E-state index contributed by atoms with van der Waals surface area (Å²) in [6, 6.07) is 39.4. The Morgan fingerprint density at radius 1 is 0.230 bits per heavy atom. The van der Waals surface area contributed by atoms with Crippen molar-refractivity contribution in [2.75, 3.05) is 28.2 Å². The molecule has 12 heteroatoms. The second kappa shape index (κ2) is 25.2. The fourth-order valence-corrected chi connectivity index (χ4v) is 5.62. The lowest BCUT2D eigenvalue weighted by Gasteiger charge is -2.02. The first-order valence-electron chi connectivity index (χ1n) is 18.5. The lowest BCUT2D eigenvalue weighted by molar-refractivity contribution is 0.0678. The van der Waals surface area contributed by atoms with E-state index in [0.29, 0.717) is 44.5 Å². The lowest BCUT2D eigenvalue weighted by atomic mass is 10.1. The lowest BCUT2D eigenvalue weighted by Crippen LogP contribution is -2.24. The van der Waals surface area contributed by atoms with E-state index in [-0.39, 0.29) is 69.5 Å². The molecule has 0 saturated carbocycles. The Morgan fingerprint density at radius 2 is 0.328 bits per heavy atom. The summed E-state index contributed by atoms with van der Waals surface area (Å²) in [6.45, 7) is 8.00. The minimum absolute atomic E-state index is 0. The largest absolute Gasteiger partial charge is 0.277 e. The van der Waals surface area contributed by atoms with Crippen LogP contribution >= 0.6 is 0 Å². The van der Waals surface area contributed by atoms with Crippen LogP contribution in [0.25, 0.3) is 0 Å². The van der Waals surface area contributed by atoms with Crippen LogP contribution in [0.3, 0.4) is 0 Å². The van der Waals surface area contributed by atoms with Gasteiger partial charge in [-0.3, -0.25) is 58.0 Å². The van der Waals surface area contributed by atoms with Gasteiger partial charge in [-0.25, -0.2) is 0 Å². The highest BCUT2D eigenvalue weighted by atomic mass is 16.2. The topological polar surface area (TPSA) is 150 Å². The van der Waals surface area contributed by atoms with Crippen LogP contribution in [0.4, 0.5) is 0 Å². The molecule has 0 radical (unpaired) electrons. The number of carbonyl (C=O) groups is 8. The third kappa shape index (κ3) is 11.9. The molecule has 0 aromatic heterocycles. The van der Waals surface area contributed by atoms with Crippen molar-refractivity contribution in [2.45, 2.75) is 50.0 Å². The summed E-state index contributed by atoms with van der Waals surface area (Å²) in [5, 5.41) is 0. The zero-order valence-electron chi connectivity index (χ0n) is 33.8. The van der Waals surface area contributed by atoms with Gasteiger partial charge in [-0.1, -0.05) is 135 Å². The Balaban J connectivity index is 0.000000723. The maximum Gasteiger partial charge on any atom is 0.261 e. The molecule has 4 aliphatic heterocycles. The molecule has 12 nitrogen and oxygen atoms in total. The van der Waals surface area contributed by atoms with Crippen LogP contribution in [-0.2, 0) is 0 Å². The smallest absolute Gasteiger partial charge is 0.261 e. The number of imide groups is 4. The van der Waals surface area contributed by atoms with Crippen molar-refractivity contribution in [2.24, 2.45) is 0 Å². The molecule has 5 aromatic rings. The van der Waals surface area contributed by atoms with Crippen LogP contribution < -0.4 is 0 Å². The number of amides is 8. The van der Waals surface area contributed by atoms with Crippen molar-refractivity contribution in [1.29, 1.82) is 0 Å². The Labute approximate surface area is 360 Å². The van der Waals surface area contributed by atoms with E-state index in [9.17, 15) is 38.4 Å². The van der Waals surface area contributed by atoms with Gasteiger partial charge in [0.25, 0.3) is 47.3 Å². The predicted octanol–water partition coefficient (Wildman–Crippen LogP) is 9.30. The number of carbonyl (C=O) groups excluding carboxylic acids is 8. The fraction of sp³-hybridized carbons (Fsp3) is 0.224. The summed E-state index contributed by atoms with van der Waals surface area (Å²) in [7, 11) is 5.96. The molecule has 0 fully saturated rings. The Bertz CT molecular complexity index is 1860. The van der Waals surface area contributed by atoms with Crippen LogP contribution in [0.5, 0.6) is 0 Å². The maximum absolute atomic E-state index is 11.3. The van der Waals surface area contributed by atoms with Crippen molar-refractivity contribution in [3.8, 4) is 0 Å². The van der Waals surface area contributed by atoms with E-state index in [1.54, 1.807) is 97.1 Å². The van der Waals surface area contributed by atoms with E-state index >= 15 is 0 Å². The van der Waals surface area contributed by atoms with Crippen LogP contribution in [0.15, 0.2) is 133 Å². The predicted molar refractivity (Wildman–Crippen MR) is 241 cm³/mol. The summed E-state index contributed by atoms with van der Waals surface area (Å²) < 4.78 is 0. The second-order valence-corrected chi connectivity index (χ2v) is 12.0. The first kappa shape index (κ1) is 53.7. The summed E-state index contributed by atoms with van der Waals surface area (Å²) in [4.78, 5) is 95.0. The Kier molecular flexibility index (Phi) is 22.2. The minimum atomic E-state index is -0.212. The highest BCUT2D eigenvalue weighted by molar-refractivity contribution is 6.23. The Morgan fingerprint density at radius 3 is 0.426 bits per heavy atom. The first-order valence-corrected chi connectivity index (χ1v) is 18.5. The van der Waals surface area contributed by atoms with Gasteiger partial charge in [0.2, 0.25) is 0 Å². The molecule has 0 spiro atoms. The molecule has 4 heterocycles. The van der Waals surface area contributed by atoms with Gasteiger partial charge in [-0.15, -0.1) is 0 Å². The van der Waals surface area contributed by atoms with E-state index in [1.807, 2.05) is 64.1 Å². The highest BCUT2D eigenvalue weighted by Crippen LogP contribution is 2.23. The zero-order valence-corrected chi connectivity index (χ0v) is 33.8. The molecule has 61 heavy (non-hydrogen) atoms. The average Bonchev–Trinajstić information content (AvgIpc) is 3.84. The maximum atomic E-state index is 11.3. The minimum Gasteiger partial charge on any atom is -0.277 e. The van der Waals surface area contributed by atoms with E-state index in [4.69, 9.17) is 0 Å². The second-order valence-electron chi connectivity index (χ2n) is 12.0. The van der Waals surface area contributed by atoms with Crippen LogP contribution in [0, 0.1) is 0 Å². The SMILES string of the molecule is C.C.C.CC.CC.CN1C(=O)c2ccccc2C1=O.CN1C(=O)c2ccccc2C1=O.CN1C(=O)c2ccccc2C1=O.CN1C(=O)c2ccccc2C1=O.c1ccccc1. The fourth-order valence-electron chi connectivity index (χ4n) is 5.62. The van der Waals surface area contributed by atoms with Crippen molar-refractivity contribution < 1.29 is 38.4 Å². The van der Waals surface area contributed by atoms with Crippen molar-refractivity contribution >= 4 is 47.3 Å². The van der Waals surface area contributed by atoms with E-state index in [1.165, 1.54) is 28.2 Å². The van der Waals surface area contributed by atoms with Gasteiger partial charge >= 0.3 is 0 Å². The number of fused-ring (bicyclic) bond motifs is 4. The quantitative estimate of drug-likeness (QED) is 0.140. The Hall–Kier alpha value is -7.34. The molecule has 5 aromatic carbocycles. The van der Waals surface area contributed by atoms with Crippen LogP contribution in [0.2, 0.25) is 0 Å². The van der Waals surface area contributed by atoms with Gasteiger partial charge in [-0.2, -0.15) is 0 Å². The van der Waals surface area contributed by atoms with Crippen LogP contribution in [0.1, 0.15) is 133 Å². The molecule has 4 aliphatic rings. The van der Waals surface area contributed by atoms with Crippen molar-refractivity contribution in [1.82, 2.24) is 19.6 Å². The number of nitrogens with zero attached hydrogens (tertiary/aromatic N) is 4. The zero-order chi connectivity index (χ0) is 43.1. The standard InChI is InChI=1S/4C9H7NO2.C6H6.2C2H6.3CH4/c4*1-10-8(11)6-4-2-3-5-7(6)9(10)12;1-2-4-6-5-3-1;2*1-2;;;/h4*2-5H,1H3;1-6H;2*1-2H3;3*1H4. The third-order valence-corrected chi connectivity index (χ3v) is 8.66. The van der Waals surface area contributed by atoms with Crippen molar-refractivity contribution in [3.63, 3.8) is 0 Å². The average molecular weight is 831 g/mol. The number of rotatable bonds is 0. The molecule has 0 unspecified atom stereocenters. The molecule has 8 amide bonds. The van der Waals surface area contributed by atoms with Gasteiger partial charge in [0.15, 0.2) is 0 Å². The van der Waals surface area contributed by atoms with E-state index in [0.717, 1.165) is 19.6 Å². The number of hydrogen-bond donors (Lipinski definition) is 0. The summed E-state index contributed by atoms with van der Waals surface area (Å²) in [6.07, 6.45) is 0. The molecule has 322 valence electrons. The molecule has 9 rings (SSSR count). The van der Waals surface area contributed by atoms with Gasteiger partial charge in [-0.05, 0) is 48.5 Å². The summed E-state index contributed by atoms with van der Waals surface area (Å²) in [5.41, 5.74) is 4.04. The van der Waals surface area contributed by atoms with Crippen molar-refractivity contribution in [3.05, 3.63) is 178 Å². The molecule has 0 saturated heterocycles. The van der Waals surface area contributed by atoms with Gasteiger partial charge in [0.05, 0.1) is 44.5 Å². The normalized spacial score (nSPS) is 13.0. The van der Waals surface area contributed by atoms with E-state index in [2.05, 4.69) is 0 Å². The number of hydrogen-bond acceptors (Lipinski definition) is 8. The third-order valence-electron chi connectivity index (χ3n) is 8.66. The number of benzene rings is 5. The highest BCUT2D eigenvalue weighted by Gasteiger charge is 2.34. The van der Waals surface area contributed by atoms with Gasteiger partial charge in [0.1, 0.15) is 0 Å². The molecule has 0 aliphatic carbocycles. The summed E-state index contributed by atoms with van der Waals surface area (Å²) >= 11 is 0. The van der Waals surface area contributed by atoms with Gasteiger partial charge in [0, 0.05) is 28.2 Å². The molecule has 0 bridgehead atoms. The molecular formula is C49H58N4O8. The molecule has 0 N–H and O–H groups in total. The van der Waals surface area contributed by atoms with Gasteiger partial charge < -0.3 is 0 Å². The first-order chi connectivity index (χ1) is 27.9. The summed E-state index contributed by atoms with van der Waals surface area (Å²) in [5.74, 6) is -1.70. The molecular weight excluding hydrogens is 773 g/mol. The monoisotopic (exact) mass is 830 g/mol. The molecule has 0 atom stereocenters. The van der Waals surface area contributed by atoms with E-state index < -0.39 is 0 Å². The van der Waals surface area contributed by atoms with Crippen LogP contribution in [-0.4, -0.2) is 95.0 Å².